The highest BCUT2D eigenvalue weighted by Gasteiger charge is 2.19. The predicted octanol–water partition coefficient (Wildman–Crippen LogP) is 2.90. The summed E-state index contributed by atoms with van der Waals surface area (Å²) in [4.78, 5) is 10.9. The van der Waals surface area contributed by atoms with E-state index in [1.165, 1.54) is 21.8 Å². The predicted molar refractivity (Wildman–Crippen MR) is 78.7 cm³/mol. The summed E-state index contributed by atoms with van der Waals surface area (Å²) in [5.41, 5.74) is 3.81. The second-order valence-corrected chi connectivity index (χ2v) is 6.32. The van der Waals surface area contributed by atoms with E-state index in [0.717, 1.165) is 31.8 Å². The molecule has 0 atom stereocenters. The van der Waals surface area contributed by atoms with Crippen LogP contribution in [0.1, 0.15) is 47.4 Å². The van der Waals surface area contributed by atoms with Gasteiger partial charge in [0.05, 0.1) is 11.4 Å². The van der Waals surface area contributed by atoms with Crippen molar-refractivity contribution in [2.24, 2.45) is 0 Å². The lowest BCUT2D eigenvalue weighted by molar-refractivity contribution is 0.602. The highest BCUT2D eigenvalue weighted by atomic mass is 32.1. The summed E-state index contributed by atoms with van der Waals surface area (Å²) in [7, 11) is 0. The molecule has 2 aromatic rings. The fourth-order valence-electron chi connectivity index (χ4n) is 2.55. The minimum absolute atomic E-state index is 0.457. The van der Waals surface area contributed by atoms with Crippen molar-refractivity contribution in [3.8, 4) is 0 Å². The number of hydrogen-bond acceptors (Lipinski definition) is 4. The van der Waals surface area contributed by atoms with Crippen LogP contribution in [0, 0.1) is 0 Å². The molecular formula is C15H19N3S. The fraction of sp³-hybridized carbons (Fsp3) is 0.467. The molecule has 2 aromatic heterocycles. The SMILES string of the molecule is CC(C)c1nc(Cc2cccs2)nc2c1CNCC2. The van der Waals surface area contributed by atoms with E-state index in [0.29, 0.717) is 5.92 Å². The van der Waals surface area contributed by atoms with Crippen molar-refractivity contribution in [2.75, 3.05) is 6.54 Å². The number of aromatic nitrogens is 2. The molecule has 100 valence electrons. The van der Waals surface area contributed by atoms with Crippen LogP contribution in [0.2, 0.25) is 0 Å². The summed E-state index contributed by atoms with van der Waals surface area (Å²) < 4.78 is 0. The van der Waals surface area contributed by atoms with E-state index < -0.39 is 0 Å². The molecule has 3 heterocycles. The van der Waals surface area contributed by atoms with Crippen molar-refractivity contribution in [3.63, 3.8) is 0 Å². The average molecular weight is 273 g/mol. The third-order valence-electron chi connectivity index (χ3n) is 3.47. The van der Waals surface area contributed by atoms with Gasteiger partial charge in [-0.3, -0.25) is 0 Å². The van der Waals surface area contributed by atoms with E-state index in [2.05, 4.69) is 36.7 Å². The first kappa shape index (κ1) is 12.8. The van der Waals surface area contributed by atoms with Crippen LogP contribution in [-0.4, -0.2) is 16.5 Å². The van der Waals surface area contributed by atoms with Crippen LogP contribution in [0.25, 0.3) is 0 Å². The van der Waals surface area contributed by atoms with E-state index in [-0.39, 0.29) is 0 Å². The average Bonchev–Trinajstić information content (AvgIpc) is 2.90. The van der Waals surface area contributed by atoms with Gasteiger partial charge in [0, 0.05) is 36.4 Å². The molecule has 4 heteroatoms. The Balaban J connectivity index is 1.99. The standard InChI is InChI=1S/C15H19N3S/c1-10(2)15-12-9-16-6-5-13(12)17-14(18-15)8-11-4-3-7-19-11/h3-4,7,10,16H,5-6,8-9H2,1-2H3. The van der Waals surface area contributed by atoms with Gasteiger partial charge in [-0.2, -0.15) is 0 Å². The monoisotopic (exact) mass is 273 g/mol. The van der Waals surface area contributed by atoms with Gasteiger partial charge in [-0.15, -0.1) is 11.3 Å². The van der Waals surface area contributed by atoms with Crippen molar-refractivity contribution in [1.82, 2.24) is 15.3 Å². The molecule has 3 rings (SSSR count). The fourth-order valence-corrected chi connectivity index (χ4v) is 3.25. The molecule has 0 aliphatic carbocycles. The molecule has 0 saturated carbocycles. The maximum atomic E-state index is 4.82. The zero-order valence-corrected chi connectivity index (χ0v) is 12.3. The van der Waals surface area contributed by atoms with E-state index in [9.17, 15) is 0 Å². The number of nitrogens with one attached hydrogen (secondary N) is 1. The van der Waals surface area contributed by atoms with Crippen molar-refractivity contribution in [2.45, 2.75) is 39.2 Å². The lowest BCUT2D eigenvalue weighted by Crippen LogP contribution is -2.27. The molecule has 0 aromatic carbocycles. The summed E-state index contributed by atoms with van der Waals surface area (Å²) in [5, 5.41) is 5.54. The molecule has 0 radical (unpaired) electrons. The third kappa shape index (κ3) is 2.69. The van der Waals surface area contributed by atoms with E-state index >= 15 is 0 Å². The second kappa shape index (κ2) is 5.39. The molecule has 19 heavy (non-hydrogen) atoms. The van der Waals surface area contributed by atoms with Gasteiger partial charge in [0.2, 0.25) is 0 Å². The Hall–Kier alpha value is -1.26. The Morgan fingerprint density at radius 1 is 1.37 bits per heavy atom. The second-order valence-electron chi connectivity index (χ2n) is 5.29. The first-order valence-corrected chi connectivity index (χ1v) is 7.73. The number of nitrogens with zero attached hydrogens (tertiary/aromatic N) is 2. The Bertz CT molecular complexity index is 561. The van der Waals surface area contributed by atoms with Crippen molar-refractivity contribution in [3.05, 3.63) is 45.2 Å². The van der Waals surface area contributed by atoms with Crippen molar-refractivity contribution >= 4 is 11.3 Å². The number of fused-ring (bicyclic) bond motifs is 1. The molecule has 0 fully saturated rings. The first-order chi connectivity index (χ1) is 9.24. The van der Waals surface area contributed by atoms with Gasteiger partial charge >= 0.3 is 0 Å². The molecule has 0 amide bonds. The van der Waals surface area contributed by atoms with Crippen LogP contribution in [0.4, 0.5) is 0 Å². The van der Waals surface area contributed by atoms with Crippen LogP contribution >= 0.6 is 11.3 Å². The molecule has 1 aliphatic rings. The van der Waals surface area contributed by atoms with Crippen LogP contribution in [0.3, 0.4) is 0 Å². The van der Waals surface area contributed by atoms with E-state index in [1.807, 2.05) is 0 Å². The van der Waals surface area contributed by atoms with Gasteiger partial charge in [0.15, 0.2) is 0 Å². The maximum absolute atomic E-state index is 4.82. The zero-order valence-electron chi connectivity index (χ0n) is 11.4. The van der Waals surface area contributed by atoms with E-state index in [1.54, 1.807) is 11.3 Å². The largest absolute Gasteiger partial charge is 0.312 e. The van der Waals surface area contributed by atoms with Crippen molar-refractivity contribution < 1.29 is 0 Å². The zero-order chi connectivity index (χ0) is 13.2. The Kier molecular flexibility index (Phi) is 3.62. The molecule has 3 nitrogen and oxygen atoms in total. The minimum Gasteiger partial charge on any atom is -0.312 e. The van der Waals surface area contributed by atoms with Gasteiger partial charge in [-0.1, -0.05) is 19.9 Å². The summed E-state index contributed by atoms with van der Waals surface area (Å²) >= 11 is 1.78. The van der Waals surface area contributed by atoms with E-state index in [4.69, 9.17) is 9.97 Å². The number of hydrogen-bond donors (Lipinski definition) is 1. The Morgan fingerprint density at radius 2 is 2.26 bits per heavy atom. The molecule has 1 N–H and O–H groups in total. The van der Waals surface area contributed by atoms with Gasteiger partial charge in [-0.05, 0) is 17.4 Å². The summed E-state index contributed by atoms with van der Waals surface area (Å²) in [6, 6.07) is 4.25. The van der Waals surface area contributed by atoms with Gasteiger partial charge < -0.3 is 5.32 Å². The summed E-state index contributed by atoms with van der Waals surface area (Å²) in [6.45, 7) is 6.38. The third-order valence-corrected chi connectivity index (χ3v) is 4.35. The van der Waals surface area contributed by atoms with Gasteiger partial charge in [-0.25, -0.2) is 9.97 Å². The number of rotatable bonds is 3. The molecule has 0 unspecified atom stereocenters. The molecule has 0 bridgehead atoms. The van der Waals surface area contributed by atoms with Crippen LogP contribution in [-0.2, 0) is 19.4 Å². The molecule has 0 spiro atoms. The Labute approximate surface area is 118 Å². The van der Waals surface area contributed by atoms with Crippen LogP contribution < -0.4 is 5.32 Å². The lowest BCUT2D eigenvalue weighted by atomic mass is 9.98. The lowest BCUT2D eigenvalue weighted by Gasteiger charge is -2.21. The van der Waals surface area contributed by atoms with Gasteiger partial charge in [0.25, 0.3) is 0 Å². The minimum atomic E-state index is 0.457. The molecule has 1 aliphatic heterocycles. The molecular weight excluding hydrogens is 254 g/mol. The molecule has 0 saturated heterocycles. The van der Waals surface area contributed by atoms with Gasteiger partial charge in [0.1, 0.15) is 5.82 Å². The summed E-state index contributed by atoms with van der Waals surface area (Å²) in [5.74, 6) is 1.44. The van der Waals surface area contributed by atoms with Crippen molar-refractivity contribution in [1.29, 1.82) is 0 Å². The smallest absolute Gasteiger partial charge is 0.134 e. The summed E-state index contributed by atoms with van der Waals surface area (Å²) in [6.07, 6.45) is 1.88. The highest BCUT2D eigenvalue weighted by Crippen LogP contribution is 2.23. The van der Waals surface area contributed by atoms with Crippen LogP contribution in [0.5, 0.6) is 0 Å². The number of thiophene rings is 1. The normalized spacial score (nSPS) is 14.7. The topological polar surface area (TPSA) is 37.8 Å². The highest BCUT2D eigenvalue weighted by molar-refractivity contribution is 7.09. The first-order valence-electron chi connectivity index (χ1n) is 6.85. The maximum Gasteiger partial charge on any atom is 0.134 e. The Morgan fingerprint density at radius 3 is 3.00 bits per heavy atom. The quantitative estimate of drug-likeness (QED) is 0.934. The van der Waals surface area contributed by atoms with Crippen LogP contribution in [0.15, 0.2) is 17.5 Å².